The molecule has 0 aliphatic heterocycles. The van der Waals surface area contributed by atoms with Gasteiger partial charge in [0.15, 0.2) is 5.82 Å². The van der Waals surface area contributed by atoms with E-state index in [1.807, 2.05) is 12.1 Å². The minimum absolute atomic E-state index is 0.556. The van der Waals surface area contributed by atoms with Gasteiger partial charge in [-0.05, 0) is 56.2 Å². The van der Waals surface area contributed by atoms with Crippen LogP contribution in [0.25, 0.3) is 0 Å². The van der Waals surface area contributed by atoms with Crippen molar-refractivity contribution in [1.82, 2.24) is 15.2 Å². The molecule has 0 radical (unpaired) electrons. The maximum absolute atomic E-state index is 5.17. The van der Waals surface area contributed by atoms with E-state index in [-0.39, 0.29) is 0 Å². The second kappa shape index (κ2) is 9.75. The fourth-order valence-electron chi connectivity index (χ4n) is 3.06. The van der Waals surface area contributed by atoms with Gasteiger partial charge in [-0.3, -0.25) is 0 Å². The lowest BCUT2D eigenvalue weighted by atomic mass is 9.97. The van der Waals surface area contributed by atoms with Crippen LogP contribution in [0.4, 0.5) is 11.8 Å². The molecule has 1 aliphatic carbocycles. The second-order valence-corrected chi connectivity index (χ2v) is 6.48. The molecular weight excluding hydrogens is 326 g/mol. The van der Waals surface area contributed by atoms with Crippen LogP contribution >= 0.6 is 0 Å². The molecule has 1 heterocycles. The highest BCUT2D eigenvalue weighted by atomic mass is 16.5. The van der Waals surface area contributed by atoms with Gasteiger partial charge < -0.3 is 15.4 Å². The van der Waals surface area contributed by atoms with Crippen LogP contribution in [0, 0.1) is 0 Å². The zero-order valence-corrected chi connectivity index (χ0v) is 15.4. The molecule has 1 aromatic heterocycles. The maximum atomic E-state index is 5.17. The standard InChI is InChI=1S/C20H27N5O/c1-26-18-9-7-17(8-10-18)12-14-22-20-24-19(15-23-25-20)21-13-11-16-5-3-2-4-6-16/h5,7-10,15H,2-4,6,11-14H2,1H3,(H2,21,22,24,25). The van der Waals surface area contributed by atoms with Gasteiger partial charge in [0.05, 0.1) is 13.3 Å². The largest absolute Gasteiger partial charge is 0.497 e. The van der Waals surface area contributed by atoms with Crippen molar-refractivity contribution in [1.29, 1.82) is 0 Å². The van der Waals surface area contributed by atoms with Crippen molar-refractivity contribution in [2.45, 2.75) is 38.5 Å². The monoisotopic (exact) mass is 353 g/mol. The molecule has 0 bridgehead atoms. The Kier molecular flexibility index (Phi) is 6.81. The summed E-state index contributed by atoms with van der Waals surface area (Å²) in [6, 6.07) is 8.08. The summed E-state index contributed by atoms with van der Waals surface area (Å²) in [5, 5.41) is 14.7. The summed E-state index contributed by atoms with van der Waals surface area (Å²) in [5.41, 5.74) is 2.80. The van der Waals surface area contributed by atoms with Gasteiger partial charge in [0.1, 0.15) is 5.75 Å². The van der Waals surface area contributed by atoms with Crippen molar-refractivity contribution < 1.29 is 4.74 Å². The van der Waals surface area contributed by atoms with Gasteiger partial charge in [0, 0.05) is 13.1 Å². The zero-order chi connectivity index (χ0) is 18.0. The van der Waals surface area contributed by atoms with E-state index in [9.17, 15) is 0 Å². The molecule has 0 spiro atoms. The molecule has 0 saturated carbocycles. The second-order valence-electron chi connectivity index (χ2n) is 6.48. The molecule has 0 fully saturated rings. The van der Waals surface area contributed by atoms with E-state index in [0.717, 1.165) is 37.5 Å². The lowest BCUT2D eigenvalue weighted by Gasteiger charge is -2.13. The Morgan fingerprint density at radius 3 is 2.65 bits per heavy atom. The summed E-state index contributed by atoms with van der Waals surface area (Å²) in [6.07, 6.45) is 11.1. The van der Waals surface area contributed by atoms with Gasteiger partial charge in [-0.2, -0.15) is 10.1 Å². The average Bonchev–Trinajstić information content (AvgIpc) is 2.70. The Morgan fingerprint density at radius 1 is 1.04 bits per heavy atom. The smallest absolute Gasteiger partial charge is 0.244 e. The van der Waals surface area contributed by atoms with Gasteiger partial charge in [-0.1, -0.05) is 23.8 Å². The van der Waals surface area contributed by atoms with Crippen molar-refractivity contribution in [3.8, 4) is 5.75 Å². The molecule has 3 rings (SSSR count). The molecule has 0 saturated heterocycles. The number of anilines is 2. The first-order valence-electron chi connectivity index (χ1n) is 9.32. The average molecular weight is 353 g/mol. The third kappa shape index (κ3) is 5.72. The van der Waals surface area contributed by atoms with Crippen LogP contribution < -0.4 is 15.4 Å². The summed E-state index contributed by atoms with van der Waals surface area (Å²) < 4.78 is 5.17. The molecule has 0 atom stereocenters. The van der Waals surface area contributed by atoms with Crippen LogP contribution in [0.5, 0.6) is 5.75 Å². The van der Waals surface area contributed by atoms with Crippen molar-refractivity contribution in [2.75, 3.05) is 30.8 Å². The Bertz CT molecular complexity index is 714. The number of aromatic nitrogens is 3. The van der Waals surface area contributed by atoms with E-state index in [4.69, 9.17) is 4.74 Å². The number of hydrogen-bond acceptors (Lipinski definition) is 6. The molecule has 0 amide bonds. The Morgan fingerprint density at radius 2 is 1.88 bits per heavy atom. The van der Waals surface area contributed by atoms with Crippen molar-refractivity contribution in [3.63, 3.8) is 0 Å². The summed E-state index contributed by atoms with van der Waals surface area (Å²) in [6.45, 7) is 1.64. The van der Waals surface area contributed by atoms with Gasteiger partial charge in [-0.15, -0.1) is 5.10 Å². The third-order valence-corrected chi connectivity index (χ3v) is 4.55. The number of hydrogen-bond donors (Lipinski definition) is 2. The lowest BCUT2D eigenvalue weighted by Crippen LogP contribution is -2.11. The van der Waals surface area contributed by atoms with E-state index in [1.54, 1.807) is 18.9 Å². The van der Waals surface area contributed by atoms with Crippen LogP contribution in [-0.2, 0) is 6.42 Å². The van der Waals surface area contributed by atoms with Crippen LogP contribution in [0.2, 0.25) is 0 Å². The number of nitrogens with one attached hydrogen (secondary N) is 2. The molecule has 6 heteroatoms. The van der Waals surface area contributed by atoms with E-state index >= 15 is 0 Å². The zero-order valence-electron chi connectivity index (χ0n) is 15.4. The number of rotatable bonds is 9. The highest BCUT2D eigenvalue weighted by Gasteiger charge is 2.04. The highest BCUT2D eigenvalue weighted by Crippen LogP contribution is 2.20. The Labute approximate surface area is 155 Å². The minimum atomic E-state index is 0.556. The predicted octanol–water partition coefficient (Wildman–Crippen LogP) is 3.84. The highest BCUT2D eigenvalue weighted by molar-refractivity contribution is 5.37. The van der Waals surface area contributed by atoms with E-state index < -0.39 is 0 Å². The molecule has 2 aromatic rings. The van der Waals surface area contributed by atoms with E-state index in [2.05, 4.69) is 44.0 Å². The van der Waals surface area contributed by atoms with Crippen molar-refractivity contribution in [2.24, 2.45) is 0 Å². The lowest BCUT2D eigenvalue weighted by molar-refractivity contribution is 0.414. The summed E-state index contributed by atoms with van der Waals surface area (Å²) in [5.74, 6) is 2.20. The molecule has 1 aliphatic rings. The predicted molar refractivity (Wildman–Crippen MR) is 105 cm³/mol. The normalized spacial score (nSPS) is 13.8. The van der Waals surface area contributed by atoms with Crippen molar-refractivity contribution in [3.05, 3.63) is 47.7 Å². The number of ether oxygens (including phenoxy) is 1. The van der Waals surface area contributed by atoms with Gasteiger partial charge in [0.25, 0.3) is 0 Å². The Hall–Kier alpha value is -2.63. The molecule has 2 N–H and O–H groups in total. The molecular formula is C20H27N5O. The first-order chi connectivity index (χ1) is 12.8. The number of methoxy groups -OCH3 is 1. The van der Waals surface area contributed by atoms with E-state index in [0.29, 0.717) is 5.95 Å². The quantitative estimate of drug-likeness (QED) is 0.668. The third-order valence-electron chi connectivity index (χ3n) is 4.55. The van der Waals surface area contributed by atoms with E-state index in [1.165, 1.54) is 31.2 Å². The topological polar surface area (TPSA) is 72.0 Å². The van der Waals surface area contributed by atoms with Crippen molar-refractivity contribution >= 4 is 11.8 Å². The minimum Gasteiger partial charge on any atom is -0.497 e. The number of benzene rings is 1. The summed E-state index contributed by atoms with van der Waals surface area (Å²) in [7, 11) is 1.67. The number of nitrogens with zero attached hydrogens (tertiary/aromatic N) is 3. The fourth-order valence-corrected chi connectivity index (χ4v) is 3.06. The van der Waals surface area contributed by atoms with Gasteiger partial charge in [-0.25, -0.2) is 0 Å². The molecule has 0 unspecified atom stereocenters. The molecule has 6 nitrogen and oxygen atoms in total. The molecule has 1 aromatic carbocycles. The fraction of sp³-hybridized carbons (Fsp3) is 0.450. The van der Waals surface area contributed by atoms with Gasteiger partial charge >= 0.3 is 0 Å². The van der Waals surface area contributed by atoms with Crippen LogP contribution in [0.3, 0.4) is 0 Å². The van der Waals surface area contributed by atoms with Crippen LogP contribution in [0.1, 0.15) is 37.7 Å². The first-order valence-corrected chi connectivity index (χ1v) is 9.32. The Balaban J connectivity index is 1.42. The molecule has 138 valence electrons. The van der Waals surface area contributed by atoms with Crippen LogP contribution in [-0.4, -0.2) is 35.4 Å². The number of allylic oxidation sites excluding steroid dienone is 1. The first kappa shape index (κ1) is 18.2. The summed E-state index contributed by atoms with van der Waals surface area (Å²) >= 11 is 0. The molecule has 26 heavy (non-hydrogen) atoms. The SMILES string of the molecule is COc1ccc(CCNc2nncc(NCCC3=CCCCC3)n2)cc1. The summed E-state index contributed by atoms with van der Waals surface area (Å²) in [4.78, 5) is 4.48. The van der Waals surface area contributed by atoms with Gasteiger partial charge in [0.2, 0.25) is 5.95 Å². The van der Waals surface area contributed by atoms with Crippen LogP contribution in [0.15, 0.2) is 42.1 Å². The maximum Gasteiger partial charge on any atom is 0.244 e.